The van der Waals surface area contributed by atoms with Gasteiger partial charge < -0.3 is 10.1 Å². The zero-order valence-corrected chi connectivity index (χ0v) is 8.47. The van der Waals surface area contributed by atoms with Crippen molar-refractivity contribution < 1.29 is 4.74 Å². The van der Waals surface area contributed by atoms with E-state index in [-0.39, 0.29) is 0 Å². The Balaban J connectivity index is 2.40. The summed E-state index contributed by atoms with van der Waals surface area (Å²) in [5.41, 5.74) is 1.10. The van der Waals surface area contributed by atoms with Crippen molar-refractivity contribution in [3.05, 3.63) is 24.3 Å². The number of benzene rings is 1. The lowest BCUT2D eigenvalue weighted by molar-refractivity contribution is 0.415. The second kappa shape index (κ2) is 5.70. The maximum Gasteiger partial charge on any atom is 0.119 e. The van der Waals surface area contributed by atoms with Crippen molar-refractivity contribution >= 4 is 17.3 Å². The maximum atomic E-state index is 5.56. The van der Waals surface area contributed by atoms with Crippen LogP contribution in [0.15, 0.2) is 24.3 Å². The predicted octanol–water partition coefficient (Wildman–Crippen LogP) is 2.74. The van der Waals surface area contributed by atoms with Crippen LogP contribution < -0.4 is 10.1 Å². The van der Waals surface area contributed by atoms with Crippen molar-refractivity contribution in [1.29, 1.82) is 0 Å². The van der Waals surface area contributed by atoms with Crippen molar-refractivity contribution in [2.75, 3.05) is 24.9 Å². The van der Waals surface area contributed by atoms with E-state index in [1.54, 1.807) is 7.11 Å². The average molecular weight is 200 g/mol. The van der Waals surface area contributed by atoms with Gasteiger partial charge in [-0.2, -0.15) is 0 Å². The van der Waals surface area contributed by atoms with Crippen LogP contribution in [0.25, 0.3) is 0 Å². The summed E-state index contributed by atoms with van der Waals surface area (Å²) in [6.07, 6.45) is 0.980. The zero-order valence-electron chi connectivity index (χ0n) is 7.72. The molecule has 1 aromatic rings. The first-order chi connectivity index (χ1) is 6.36. The fraction of sp³-hybridized carbons (Fsp3) is 0.400. The number of rotatable bonds is 5. The smallest absolute Gasteiger partial charge is 0.119 e. The van der Waals surface area contributed by atoms with Gasteiger partial charge in [0.25, 0.3) is 0 Å². The molecule has 0 unspecified atom stereocenters. The molecule has 0 aliphatic rings. The van der Waals surface area contributed by atoms with Crippen molar-refractivity contribution in [2.45, 2.75) is 6.42 Å². The van der Waals surface area contributed by atoms with E-state index in [0.29, 0.717) is 5.88 Å². The molecule has 1 aromatic carbocycles. The molecule has 1 rings (SSSR count). The Hall–Kier alpha value is -0.890. The Bertz CT molecular complexity index is 235. The summed E-state index contributed by atoms with van der Waals surface area (Å²) >= 11 is 5.56. The molecule has 0 amide bonds. The van der Waals surface area contributed by atoms with E-state index in [9.17, 15) is 0 Å². The van der Waals surface area contributed by atoms with Crippen molar-refractivity contribution in [3.8, 4) is 5.75 Å². The third-order valence-electron chi connectivity index (χ3n) is 1.73. The number of hydrogen-bond acceptors (Lipinski definition) is 2. The van der Waals surface area contributed by atoms with Crippen LogP contribution in [-0.4, -0.2) is 19.5 Å². The first-order valence-electron chi connectivity index (χ1n) is 4.30. The fourth-order valence-corrected chi connectivity index (χ4v) is 1.14. The van der Waals surface area contributed by atoms with Gasteiger partial charge in [-0.15, -0.1) is 11.6 Å². The maximum absolute atomic E-state index is 5.56. The molecule has 0 saturated heterocycles. The largest absolute Gasteiger partial charge is 0.497 e. The minimum atomic E-state index is 0.698. The van der Waals surface area contributed by atoms with Crippen LogP contribution in [-0.2, 0) is 0 Å². The third kappa shape index (κ3) is 3.55. The topological polar surface area (TPSA) is 21.3 Å². The number of alkyl halides is 1. The monoisotopic (exact) mass is 199 g/mol. The Morgan fingerprint density at radius 2 is 2.00 bits per heavy atom. The standard InChI is InChI=1S/C10H14ClNO/c1-13-10-5-3-9(4-6-10)12-8-2-7-11/h3-6,12H,2,7-8H2,1H3. The fourth-order valence-electron chi connectivity index (χ4n) is 1.01. The lowest BCUT2D eigenvalue weighted by Gasteiger charge is -2.05. The van der Waals surface area contributed by atoms with Gasteiger partial charge in [-0.1, -0.05) is 0 Å². The quantitative estimate of drug-likeness (QED) is 0.582. The lowest BCUT2D eigenvalue weighted by Crippen LogP contribution is -2.01. The molecule has 1 N–H and O–H groups in total. The number of methoxy groups -OCH3 is 1. The molecular formula is C10H14ClNO. The number of nitrogens with one attached hydrogen (secondary N) is 1. The molecule has 0 aliphatic heterocycles. The van der Waals surface area contributed by atoms with Gasteiger partial charge in [0.15, 0.2) is 0 Å². The van der Waals surface area contributed by atoms with Gasteiger partial charge in [-0.25, -0.2) is 0 Å². The molecule has 3 heteroatoms. The van der Waals surface area contributed by atoms with Crippen LogP contribution >= 0.6 is 11.6 Å². The van der Waals surface area contributed by atoms with Crippen LogP contribution in [0.2, 0.25) is 0 Å². The number of ether oxygens (including phenoxy) is 1. The van der Waals surface area contributed by atoms with Crippen molar-refractivity contribution in [1.82, 2.24) is 0 Å². The van der Waals surface area contributed by atoms with E-state index in [2.05, 4.69) is 5.32 Å². The van der Waals surface area contributed by atoms with Gasteiger partial charge in [0.1, 0.15) is 5.75 Å². The number of halogens is 1. The van der Waals surface area contributed by atoms with E-state index >= 15 is 0 Å². The highest BCUT2D eigenvalue weighted by atomic mass is 35.5. The Morgan fingerprint density at radius 1 is 1.31 bits per heavy atom. The summed E-state index contributed by atoms with van der Waals surface area (Å²) in [6, 6.07) is 7.85. The van der Waals surface area contributed by atoms with Crippen molar-refractivity contribution in [2.24, 2.45) is 0 Å². The summed E-state index contributed by atoms with van der Waals surface area (Å²) < 4.78 is 5.05. The molecular weight excluding hydrogens is 186 g/mol. The van der Waals surface area contributed by atoms with Crippen LogP contribution in [0.5, 0.6) is 5.75 Å². The number of anilines is 1. The average Bonchev–Trinajstić information content (AvgIpc) is 2.19. The van der Waals surface area contributed by atoms with Crippen LogP contribution in [0.3, 0.4) is 0 Å². The molecule has 72 valence electrons. The Kier molecular flexibility index (Phi) is 4.47. The predicted molar refractivity (Wildman–Crippen MR) is 56.8 cm³/mol. The van der Waals surface area contributed by atoms with Gasteiger partial charge in [0.05, 0.1) is 7.11 Å². The molecule has 0 fully saturated rings. The third-order valence-corrected chi connectivity index (χ3v) is 2.00. The molecule has 2 nitrogen and oxygen atoms in total. The molecule has 0 heterocycles. The van der Waals surface area contributed by atoms with Crippen LogP contribution in [0, 0.1) is 0 Å². The minimum Gasteiger partial charge on any atom is -0.497 e. The normalized spacial score (nSPS) is 9.69. The molecule has 0 spiro atoms. The molecule has 0 bridgehead atoms. The molecule has 0 aliphatic carbocycles. The van der Waals surface area contributed by atoms with Gasteiger partial charge >= 0.3 is 0 Å². The van der Waals surface area contributed by atoms with E-state index in [1.165, 1.54) is 0 Å². The van der Waals surface area contributed by atoms with E-state index < -0.39 is 0 Å². The van der Waals surface area contributed by atoms with Gasteiger partial charge in [-0.3, -0.25) is 0 Å². The van der Waals surface area contributed by atoms with E-state index in [0.717, 1.165) is 24.4 Å². The van der Waals surface area contributed by atoms with Gasteiger partial charge in [0.2, 0.25) is 0 Å². The van der Waals surface area contributed by atoms with Gasteiger partial charge in [-0.05, 0) is 30.7 Å². The first kappa shape index (κ1) is 10.2. The molecule has 0 aromatic heterocycles. The first-order valence-corrected chi connectivity index (χ1v) is 4.84. The Morgan fingerprint density at radius 3 is 2.54 bits per heavy atom. The van der Waals surface area contributed by atoms with E-state index in [4.69, 9.17) is 16.3 Å². The summed E-state index contributed by atoms with van der Waals surface area (Å²) in [5.74, 6) is 1.58. The lowest BCUT2D eigenvalue weighted by atomic mass is 10.3. The second-order valence-corrected chi connectivity index (χ2v) is 3.08. The molecule has 13 heavy (non-hydrogen) atoms. The van der Waals surface area contributed by atoms with Gasteiger partial charge in [0, 0.05) is 18.1 Å². The molecule has 0 saturated carbocycles. The second-order valence-electron chi connectivity index (χ2n) is 2.70. The van der Waals surface area contributed by atoms with Crippen molar-refractivity contribution in [3.63, 3.8) is 0 Å². The highest BCUT2D eigenvalue weighted by Gasteiger charge is 1.92. The van der Waals surface area contributed by atoms with Crippen LogP contribution in [0.1, 0.15) is 6.42 Å². The summed E-state index contributed by atoms with van der Waals surface area (Å²) in [4.78, 5) is 0. The number of hydrogen-bond donors (Lipinski definition) is 1. The highest BCUT2D eigenvalue weighted by molar-refractivity contribution is 6.17. The highest BCUT2D eigenvalue weighted by Crippen LogP contribution is 2.14. The summed E-state index contributed by atoms with van der Waals surface area (Å²) in [6.45, 7) is 0.913. The van der Waals surface area contributed by atoms with Crippen LogP contribution in [0.4, 0.5) is 5.69 Å². The minimum absolute atomic E-state index is 0.698. The Labute approximate surface area is 83.9 Å². The summed E-state index contributed by atoms with van der Waals surface area (Å²) in [7, 11) is 1.66. The SMILES string of the molecule is COc1ccc(NCCCCl)cc1. The zero-order chi connectivity index (χ0) is 9.52. The molecule has 0 atom stereocenters. The van der Waals surface area contributed by atoms with E-state index in [1.807, 2.05) is 24.3 Å². The summed E-state index contributed by atoms with van der Waals surface area (Å²) in [5, 5.41) is 3.26. The molecule has 0 radical (unpaired) electrons.